The zero-order valence-corrected chi connectivity index (χ0v) is 16.8. The summed E-state index contributed by atoms with van der Waals surface area (Å²) in [6.45, 7) is 4.92. The number of carbonyl (C=O) groups excluding carboxylic acids is 2. The van der Waals surface area contributed by atoms with Crippen molar-refractivity contribution >= 4 is 23.8 Å². The number of alkyl halides is 3. The van der Waals surface area contributed by atoms with Crippen LogP contribution in [0.15, 0.2) is 22.4 Å². The molecule has 29 heavy (non-hydrogen) atoms. The van der Waals surface area contributed by atoms with Crippen LogP contribution in [0.25, 0.3) is 0 Å². The number of urea groups is 1. The second-order valence-corrected chi connectivity index (χ2v) is 7.03. The van der Waals surface area contributed by atoms with Gasteiger partial charge in [-0.1, -0.05) is 18.7 Å². The van der Waals surface area contributed by atoms with Crippen LogP contribution in [-0.2, 0) is 15.7 Å². The highest BCUT2D eigenvalue weighted by atomic mass is 32.2. The van der Waals surface area contributed by atoms with Crippen LogP contribution in [0.1, 0.15) is 37.1 Å². The van der Waals surface area contributed by atoms with Crippen molar-refractivity contribution < 1.29 is 27.5 Å². The molecule has 0 saturated heterocycles. The Kier molecular flexibility index (Phi) is 7.13. The molecule has 0 spiro atoms. The first-order valence-corrected chi connectivity index (χ1v) is 9.70. The molecule has 2 rings (SSSR count). The average Bonchev–Trinajstić information content (AvgIpc) is 2.64. The molecular weight excluding hydrogens is 409 g/mol. The third-order valence-electron chi connectivity index (χ3n) is 4.03. The van der Waals surface area contributed by atoms with Crippen molar-refractivity contribution in [2.24, 2.45) is 0 Å². The molecular formula is C18H19F3N4O3S. The van der Waals surface area contributed by atoms with E-state index in [2.05, 4.69) is 15.6 Å². The Hall–Kier alpha value is -2.74. The van der Waals surface area contributed by atoms with E-state index in [1.807, 2.05) is 0 Å². The van der Waals surface area contributed by atoms with Gasteiger partial charge in [0.15, 0.2) is 0 Å². The predicted octanol–water partition coefficient (Wildman–Crippen LogP) is 3.28. The third-order valence-corrected chi connectivity index (χ3v) is 5.03. The van der Waals surface area contributed by atoms with Crippen LogP contribution in [0.3, 0.4) is 0 Å². The van der Waals surface area contributed by atoms with Gasteiger partial charge in [-0.05, 0) is 26.3 Å². The third kappa shape index (κ3) is 5.20. The number of halogens is 3. The van der Waals surface area contributed by atoms with Gasteiger partial charge in [-0.25, -0.2) is 14.6 Å². The van der Waals surface area contributed by atoms with Crippen LogP contribution in [-0.4, -0.2) is 35.4 Å². The molecule has 156 valence electrons. The lowest BCUT2D eigenvalue weighted by Crippen LogP contribution is -2.50. The number of carbonyl (C=O) groups is 2. The van der Waals surface area contributed by atoms with E-state index in [1.165, 1.54) is 6.92 Å². The maximum atomic E-state index is 13.3. The summed E-state index contributed by atoms with van der Waals surface area (Å²) in [5, 5.41) is 14.2. The quantitative estimate of drug-likeness (QED) is 0.532. The Morgan fingerprint density at radius 1 is 1.41 bits per heavy atom. The van der Waals surface area contributed by atoms with Crippen LogP contribution in [0.5, 0.6) is 0 Å². The topological polar surface area (TPSA) is 104 Å². The van der Waals surface area contributed by atoms with Crippen molar-refractivity contribution in [2.45, 2.75) is 44.4 Å². The Morgan fingerprint density at radius 3 is 2.66 bits per heavy atom. The van der Waals surface area contributed by atoms with Crippen LogP contribution in [0.2, 0.25) is 0 Å². The number of aryl methyl sites for hydroxylation is 1. The lowest BCUT2D eigenvalue weighted by atomic mass is 10.0. The Morgan fingerprint density at radius 2 is 2.10 bits per heavy atom. The number of nitriles is 1. The number of ether oxygens (including phenoxy) is 1. The van der Waals surface area contributed by atoms with E-state index < -0.39 is 35.3 Å². The summed E-state index contributed by atoms with van der Waals surface area (Å²) < 4.78 is 44.8. The molecule has 11 heteroatoms. The van der Waals surface area contributed by atoms with E-state index in [0.29, 0.717) is 6.42 Å². The van der Waals surface area contributed by atoms with Crippen molar-refractivity contribution in [1.82, 2.24) is 15.6 Å². The molecule has 1 aliphatic rings. The second-order valence-electron chi connectivity index (χ2n) is 6.06. The monoisotopic (exact) mass is 428 g/mol. The van der Waals surface area contributed by atoms with Crippen LogP contribution in [0.4, 0.5) is 18.0 Å². The largest absolute Gasteiger partial charge is 0.463 e. The van der Waals surface area contributed by atoms with Crippen molar-refractivity contribution in [2.75, 3.05) is 12.4 Å². The number of hydrogen-bond acceptors (Lipinski definition) is 6. The molecule has 0 radical (unpaired) electrons. The molecule has 0 bridgehead atoms. The lowest BCUT2D eigenvalue weighted by molar-refractivity contribution is -0.139. The number of hydrogen-bond donors (Lipinski definition) is 2. The molecule has 1 aromatic heterocycles. The van der Waals surface area contributed by atoms with Gasteiger partial charge in [-0.3, -0.25) is 0 Å². The summed E-state index contributed by atoms with van der Waals surface area (Å²) in [6, 6.07) is 1.24. The van der Waals surface area contributed by atoms with Crippen LogP contribution < -0.4 is 10.6 Å². The summed E-state index contributed by atoms with van der Waals surface area (Å²) in [5.41, 5.74) is -1.17. The Bertz CT molecular complexity index is 894. The van der Waals surface area contributed by atoms with Gasteiger partial charge in [-0.2, -0.15) is 18.4 Å². The standard InChI is InChI=1S/C18H19F3N4O3S/c1-4-12-14(16(26)28-5-2)13(25-17(27)24-12)8-29-15-10(7-22)11(18(19,20)21)6-9(3)23-15/h6,12H,4-5,8H2,1-3H3,(H2,24,25,27). The smallest absolute Gasteiger partial charge is 0.417 e. The maximum Gasteiger partial charge on any atom is 0.417 e. The zero-order valence-electron chi connectivity index (χ0n) is 15.9. The Labute approximate surface area is 169 Å². The van der Waals surface area contributed by atoms with E-state index in [0.717, 1.165) is 17.8 Å². The first-order valence-electron chi connectivity index (χ1n) is 8.71. The van der Waals surface area contributed by atoms with Crippen molar-refractivity contribution in [3.63, 3.8) is 0 Å². The molecule has 2 amide bonds. The molecule has 0 saturated carbocycles. The molecule has 1 aromatic rings. The fourth-order valence-electron chi connectivity index (χ4n) is 2.80. The van der Waals surface area contributed by atoms with Crippen molar-refractivity contribution in [3.05, 3.63) is 34.2 Å². The number of esters is 1. The van der Waals surface area contributed by atoms with E-state index in [9.17, 15) is 28.0 Å². The van der Waals surface area contributed by atoms with Crippen LogP contribution >= 0.6 is 11.8 Å². The highest BCUT2D eigenvalue weighted by Gasteiger charge is 2.36. The van der Waals surface area contributed by atoms with Gasteiger partial charge in [0.05, 0.1) is 29.3 Å². The van der Waals surface area contributed by atoms with Gasteiger partial charge in [0.1, 0.15) is 11.1 Å². The minimum absolute atomic E-state index is 0.0690. The highest BCUT2D eigenvalue weighted by Crippen LogP contribution is 2.36. The molecule has 0 aromatic carbocycles. The van der Waals surface area contributed by atoms with Gasteiger partial charge in [-0.15, -0.1) is 0 Å². The molecule has 1 aliphatic heterocycles. The summed E-state index contributed by atoms with van der Waals surface area (Å²) in [4.78, 5) is 28.3. The number of pyridine rings is 1. The first-order chi connectivity index (χ1) is 13.6. The molecule has 1 atom stereocenters. The molecule has 0 fully saturated rings. The summed E-state index contributed by atoms with van der Waals surface area (Å²) in [7, 11) is 0. The molecule has 2 N–H and O–H groups in total. The maximum absolute atomic E-state index is 13.3. The lowest BCUT2D eigenvalue weighted by Gasteiger charge is -2.28. The number of thioether (sulfide) groups is 1. The van der Waals surface area contributed by atoms with Crippen molar-refractivity contribution in [1.29, 1.82) is 5.26 Å². The van der Waals surface area contributed by atoms with E-state index in [1.54, 1.807) is 19.9 Å². The van der Waals surface area contributed by atoms with E-state index in [-0.39, 0.29) is 34.3 Å². The number of rotatable bonds is 6. The number of nitrogens with one attached hydrogen (secondary N) is 2. The minimum Gasteiger partial charge on any atom is -0.463 e. The van der Waals surface area contributed by atoms with E-state index >= 15 is 0 Å². The zero-order chi connectivity index (χ0) is 21.8. The number of amides is 2. The average molecular weight is 428 g/mol. The fourth-order valence-corrected chi connectivity index (χ4v) is 3.81. The molecule has 2 heterocycles. The SMILES string of the molecule is CCOC(=O)C1=C(CSc2nc(C)cc(C(F)(F)F)c2C#N)NC(=O)NC1CC. The van der Waals surface area contributed by atoms with E-state index in [4.69, 9.17) is 4.74 Å². The minimum atomic E-state index is -4.71. The summed E-state index contributed by atoms with van der Waals surface area (Å²) >= 11 is 0.835. The summed E-state index contributed by atoms with van der Waals surface area (Å²) in [6.07, 6.45) is -4.29. The van der Waals surface area contributed by atoms with Gasteiger partial charge in [0.25, 0.3) is 0 Å². The van der Waals surface area contributed by atoms with Gasteiger partial charge in [0, 0.05) is 17.1 Å². The number of aromatic nitrogens is 1. The Balaban J connectivity index is 2.44. The number of nitrogens with zero attached hydrogens (tertiary/aromatic N) is 2. The summed E-state index contributed by atoms with van der Waals surface area (Å²) in [5.74, 6) is -0.698. The van der Waals surface area contributed by atoms with Gasteiger partial charge in [0.2, 0.25) is 0 Å². The van der Waals surface area contributed by atoms with Gasteiger partial charge < -0.3 is 15.4 Å². The van der Waals surface area contributed by atoms with Gasteiger partial charge >= 0.3 is 18.2 Å². The molecule has 1 unspecified atom stereocenters. The molecule has 7 nitrogen and oxygen atoms in total. The first kappa shape index (κ1) is 22.5. The van der Waals surface area contributed by atoms with Crippen molar-refractivity contribution in [3.8, 4) is 6.07 Å². The predicted molar refractivity (Wildman–Crippen MR) is 98.8 cm³/mol. The normalized spacial score (nSPS) is 16.7. The van der Waals surface area contributed by atoms with Crippen LogP contribution in [0, 0.1) is 18.3 Å². The fraction of sp³-hybridized carbons (Fsp3) is 0.444. The second kappa shape index (κ2) is 9.17. The molecule has 0 aliphatic carbocycles. The highest BCUT2D eigenvalue weighted by molar-refractivity contribution is 7.99.